The molecule has 2 heterocycles. The molecule has 2 aromatic heterocycles. The highest BCUT2D eigenvalue weighted by atomic mass is 16.3. The summed E-state index contributed by atoms with van der Waals surface area (Å²) in [5, 5.41) is 4.44. The standard InChI is InChI=1S/C37H23N3O/c1-4-12-24(13-5-1)33-29-19-11-10-18-27(29)22-31-30-23-28(20-21-32(30)41-34(31)33)37-39-35(25-14-6-2-7-15-25)38-36(40-37)26-16-8-3-9-17-26/h1-23H. The molecule has 0 bridgehead atoms. The third-order valence-corrected chi connectivity index (χ3v) is 7.50. The van der Waals surface area contributed by atoms with Crippen LogP contribution in [0.2, 0.25) is 0 Å². The van der Waals surface area contributed by atoms with Gasteiger partial charge in [0.25, 0.3) is 0 Å². The summed E-state index contributed by atoms with van der Waals surface area (Å²) in [6, 6.07) is 47.5. The quantitative estimate of drug-likeness (QED) is 0.230. The fourth-order valence-electron chi connectivity index (χ4n) is 5.54. The predicted molar refractivity (Wildman–Crippen MR) is 166 cm³/mol. The molecule has 4 heteroatoms. The first-order chi connectivity index (χ1) is 20.3. The molecule has 0 N–H and O–H groups in total. The summed E-state index contributed by atoms with van der Waals surface area (Å²) >= 11 is 0. The highest BCUT2D eigenvalue weighted by molar-refractivity contribution is 6.18. The van der Waals surface area contributed by atoms with Crippen LogP contribution in [-0.2, 0) is 0 Å². The summed E-state index contributed by atoms with van der Waals surface area (Å²) in [4.78, 5) is 14.7. The molecule has 0 atom stereocenters. The molecule has 0 unspecified atom stereocenters. The van der Waals surface area contributed by atoms with E-state index in [0.29, 0.717) is 17.5 Å². The Balaban J connectivity index is 1.37. The summed E-state index contributed by atoms with van der Waals surface area (Å²) in [7, 11) is 0. The van der Waals surface area contributed by atoms with E-state index in [1.165, 1.54) is 10.8 Å². The minimum atomic E-state index is 0.623. The number of benzene rings is 6. The van der Waals surface area contributed by atoms with Crippen LogP contribution in [0.4, 0.5) is 0 Å². The molecule has 0 fully saturated rings. The monoisotopic (exact) mass is 525 g/mol. The van der Waals surface area contributed by atoms with Gasteiger partial charge in [-0.2, -0.15) is 0 Å². The Morgan fingerprint density at radius 2 is 0.927 bits per heavy atom. The van der Waals surface area contributed by atoms with Crippen molar-refractivity contribution in [2.75, 3.05) is 0 Å². The predicted octanol–water partition coefficient (Wildman–Crippen LogP) is 9.59. The lowest BCUT2D eigenvalue weighted by atomic mass is 9.95. The number of rotatable bonds is 4. The van der Waals surface area contributed by atoms with Crippen molar-refractivity contribution in [1.29, 1.82) is 0 Å². The molecule has 41 heavy (non-hydrogen) atoms. The van der Waals surface area contributed by atoms with Gasteiger partial charge in [0.05, 0.1) is 0 Å². The van der Waals surface area contributed by atoms with Crippen LogP contribution in [0.5, 0.6) is 0 Å². The molecule has 0 spiro atoms. The van der Waals surface area contributed by atoms with Crippen LogP contribution in [0.3, 0.4) is 0 Å². The van der Waals surface area contributed by atoms with Crippen LogP contribution >= 0.6 is 0 Å². The van der Waals surface area contributed by atoms with Crippen molar-refractivity contribution in [3.8, 4) is 45.3 Å². The Kier molecular flexibility index (Phi) is 5.42. The van der Waals surface area contributed by atoms with Crippen molar-refractivity contribution >= 4 is 32.7 Å². The average molecular weight is 526 g/mol. The number of fused-ring (bicyclic) bond motifs is 4. The van der Waals surface area contributed by atoms with E-state index in [1.807, 2.05) is 78.9 Å². The molecule has 0 aliphatic heterocycles. The van der Waals surface area contributed by atoms with E-state index < -0.39 is 0 Å². The normalized spacial score (nSPS) is 11.4. The maximum atomic E-state index is 6.57. The van der Waals surface area contributed by atoms with Crippen LogP contribution in [0.1, 0.15) is 0 Å². The van der Waals surface area contributed by atoms with Crippen LogP contribution in [0.25, 0.3) is 78.0 Å². The minimum Gasteiger partial charge on any atom is -0.455 e. The molecule has 0 radical (unpaired) electrons. The molecule has 0 aliphatic rings. The number of hydrogen-bond acceptors (Lipinski definition) is 4. The van der Waals surface area contributed by atoms with Crippen molar-refractivity contribution in [2.24, 2.45) is 0 Å². The maximum Gasteiger partial charge on any atom is 0.164 e. The lowest BCUT2D eigenvalue weighted by Gasteiger charge is -2.09. The van der Waals surface area contributed by atoms with Gasteiger partial charge in [-0.1, -0.05) is 115 Å². The molecule has 8 aromatic rings. The van der Waals surface area contributed by atoms with Crippen LogP contribution in [0.15, 0.2) is 144 Å². The fourth-order valence-corrected chi connectivity index (χ4v) is 5.54. The lowest BCUT2D eigenvalue weighted by Crippen LogP contribution is -2.00. The van der Waals surface area contributed by atoms with E-state index in [4.69, 9.17) is 19.4 Å². The summed E-state index contributed by atoms with van der Waals surface area (Å²) < 4.78 is 6.57. The Bertz CT molecular complexity index is 2130. The molecule has 0 amide bonds. The van der Waals surface area contributed by atoms with Crippen molar-refractivity contribution in [3.63, 3.8) is 0 Å². The third kappa shape index (κ3) is 4.05. The average Bonchev–Trinajstić information content (AvgIpc) is 3.42. The Morgan fingerprint density at radius 3 is 1.56 bits per heavy atom. The largest absolute Gasteiger partial charge is 0.455 e. The van der Waals surface area contributed by atoms with Crippen LogP contribution < -0.4 is 0 Å². The zero-order chi connectivity index (χ0) is 27.2. The van der Waals surface area contributed by atoms with E-state index in [9.17, 15) is 0 Å². The van der Waals surface area contributed by atoms with Crippen molar-refractivity contribution < 1.29 is 4.42 Å². The van der Waals surface area contributed by atoms with Crippen molar-refractivity contribution in [3.05, 3.63) is 140 Å². The Morgan fingerprint density at radius 1 is 0.390 bits per heavy atom. The molecule has 192 valence electrons. The minimum absolute atomic E-state index is 0.623. The van der Waals surface area contributed by atoms with Crippen LogP contribution in [-0.4, -0.2) is 15.0 Å². The summed E-state index contributed by atoms with van der Waals surface area (Å²) in [5.41, 5.74) is 6.75. The maximum absolute atomic E-state index is 6.57. The Hall–Kier alpha value is -5.61. The first-order valence-corrected chi connectivity index (χ1v) is 13.6. The zero-order valence-electron chi connectivity index (χ0n) is 22.0. The summed E-state index contributed by atoms with van der Waals surface area (Å²) in [5.74, 6) is 1.91. The number of aromatic nitrogens is 3. The Labute approximate surface area is 236 Å². The van der Waals surface area contributed by atoms with Crippen LogP contribution in [0, 0.1) is 0 Å². The van der Waals surface area contributed by atoms with Gasteiger partial charge in [-0.05, 0) is 40.6 Å². The van der Waals surface area contributed by atoms with Crippen molar-refractivity contribution in [2.45, 2.75) is 0 Å². The van der Waals surface area contributed by atoms with E-state index in [-0.39, 0.29) is 0 Å². The SMILES string of the molecule is c1ccc(-c2nc(-c3ccccc3)nc(-c3ccc4oc5c(-c6ccccc6)c6ccccc6cc5c4c3)n2)cc1. The molecular formula is C37H23N3O. The summed E-state index contributed by atoms with van der Waals surface area (Å²) in [6.07, 6.45) is 0. The van der Waals surface area contributed by atoms with E-state index in [0.717, 1.165) is 49.8 Å². The first-order valence-electron chi connectivity index (χ1n) is 13.6. The van der Waals surface area contributed by atoms with Gasteiger partial charge in [-0.3, -0.25) is 0 Å². The smallest absolute Gasteiger partial charge is 0.164 e. The second-order valence-electron chi connectivity index (χ2n) is 10.1. The number of nitrogens with zero attached hydrogens (tertiary/aromatic N) is 3. The summed E-state index contributed by atoms with van der Waals surface area (Å²) in [6.45, 7) is 0. The van der Waals surface area contributed by atoms with E-state index in [2.05, 4.69) is 60.7 Å². The molecule has 6 aromatic carbocycles. The van der Waals surface area contributed by atoms with Gasteiger partial charge in [0.1, 0.15) is 11.2 Å². The molecule has 4 nitrogen and oxygen atoms in total. The van der Waals surface area contributed by atoms with Gasteiger partial charge in [-0.25, -0.2) is 15.0 Å². The lowest BCUT2D eigenvalue weighted by molar-refractivity contribution is 0.670. The second kappa shape index (κ2) is 9.54. The van der Waals surface area contributed by atoms with Gasteiger partial charge in [0, 0.05) is 33.0 Å². The zero-order valence-corrected chi connectivity index (χ0v) is 22.0. The molecule has 0 aliphatic carbocycles. The second-order valence-corrected chi connectivity index (χ2v) is 10.1. The first kappa shape index (κ1) is 23.3. The molecule has 0 saturated carbocycles. The van der Waals surface area contributed by atoms with E-state index >= 15 is 0 Å². The van der Waals surface area contributed by atoms with Gasteiger partial charge in [-0.15, -0.1) is 0 Å². The molecule has 0 saturated heterocycles. The molecular weight excluding hydrogens is 502 g/mol. The highest BCUT2D eigenvalue weighted by Gasteiger charge is 2.18. The van der Waals surface area contributed by atoms with Gasteiger partial charge in [0.2, 0.25) is 0 Å². The number of hydrogen-bond donors (Lipinski definition) is 0. The topological polar surface area (TPSA) is 51.8 Å². The third-order valence-electron chi connectivity index (χ3n) is 7.50. The van der Waals surface area contributed by atoms with Gasteiger partial charge >= 0.3 is 0 Å². The van der Waals surface area contributed by atoms with Gasteiger partial charge in [0.15, 0.2) is 17.5 Å². The van der Waals surface area contributed by atoms with Gasteiger partial charge < -0.3 is 4.42 Å². The van der Waals surface area contributed by atoms with Crippen molar-refractivity contribution in [1.82, 2.24) is 15.0 Å². The molecule has 8 rings (SSSR count). The fraction of sp³-hybridized carbons (Fsp3) is 0. The van der Waals surface area contributed by atoms with E-state index in [1.54, 1.807) is 0 Å². The number of furan rings is 1. The highest BCUT2D eigenvalue weighted by Crippen LogP contribution is 2.42.